The lowest BCUT2D eigenvalue weighted by molar-refractivity contribution is -0.121. The van der Waals surface area contributed by atoms with Gasteiger partial charge >= 0.3 is 0 Å². The average molecular weight is 352 g/mol. The second-order valence-electron chi connectivity index (χ2n) is 6.58. The number of carbonyl (C=O) groups excluding carboxylic acids is 2. The van der Waals surface area contributed by atoms with Gasteiger partial charge in [0.2, 0.25) is 11.8 Å². The van der Waals surface area contributed by atoms with Crippen molar-refractivity contribution in [2.45, 2.75) is 40.0 Å². The van der Waals surface area contributed by atoms with Crippen molar-refractivity contribution in [3.63, 3.8) is 0 Å². The molecule has 2 aromatic rings. The highest BCUT2D eigenvalue weighted by Crippen LogP contribution is 2.23. The molecule has 2 rings (SSSR count). The van der Waals surface area contributed by atoms with Crippen LogP contribution in [0.4, 0.5) is 5.69 Å². The number of hydrogen-bond donors (Lipinski definition) is 1. The maximum absolute atomic E-state index is 12.1. The van der Waals surface area contributed by atoms with Gasteiger partial charge in [0.1, 0.15) is 0 Å². The van der Waals surface area contributed by atoms with Gasteiger partial charge < -0.3 is 10.2 Å². The summed E-state index contributed by atoms with van der Waals surface area (Å²) >= 11 is 0. The lowest BCUT2D eigenvalue weighted by Crippen LogP contribution is -2.34. The second-order valence-corrected chi connectivity index (χ2v) is 6.58. The van der Waals surface area contributed by atoms with Crippen LogP contribution in [0.2, 0.25) is 0 Å². The summed E-state index contributed by atoms with van der Waals surface area (Å²) in [6, 6.07) is 16.1. The Bertz CT molecular complexity index is 741. The number of anilines is 1. The monoisotopic (exact) mass is 352 g/mol. The van der Waals surface area contributed by atoms with E-state index in [0.717, 1.165) is 29.7 Å². The molecule has 0 unspecified atom stereocenters. The Kier molecular flexibility index (Phi) is 7.39. The van der Waals surface area contributed by atoms with E-state index in [1.807, 2.05) is 50.2 Å². The maximum Gasteiger partial charge on any atom is 0.223 e. The van der Waals surface area contributed by atoms with Crippen LogP contribution in [0.5, 0.6) is 0 Å². The van der Waals surface area contributed by atoms with Crippen LogP contribution >= 0.6 is 0 Å². The van der Waals surface area contributed by atoms with Gasteiger partial charge in [-0.25, -0.2) is 0 Å². The Hall–Kier alpha value is -2.62. The SMILES string of the molecule is CC(=O)N(CCC(=O)NCCCc1ccccc1)c1cccc(C)c1C. The number of aryl methyl sites for hydroxylation is 2. The standard InChI is InChI=1S/C22H28N2O2/c1-17-9-7-13-21(18(17)2)24(19(3)25)16-14-22(26)23-15-8-12-20-10-5-4-6-11-20/h4-7,9-11,13H,8,12,14-16H2,1-3H3,(H,23,26). The largest absolute Gasteiger partial charge is 0.356 e. The summed E-state index contributed by atoms with van der Waals surface area (Å²) in [5.41, 5.74) is 4.37. The molecule has 0 aliphatic rings. The highest BCUT2D eigenvalue weighted by Gasteiger charge is 2.15. The molecule has 2 aromatic carbocycles. The predicted molar refractivity (Wildman–Crippen MR) is 106 cm³/mol. The van der Waals surface area contributed by atoms with Gasteiger partial charge in [0, 0.05) is 32.1 Å². The molecule has 0 aliphatic carbocycles. The van der Waals surface area contributed by atoms with Crippen LogP contribution in [0.3, 0.4) is 0 Å². The first-order valence-electron chi connectivity index (χ1n) is 9.14. The van der Waals surface area contributed by atoms with Crippen LogP contribution in [-0.4, -0.2) is 24.9 Å². The van der Waals surface area contributed by atoms with Crippen molar-refractivity contribution in [2.24, 2.45) is 0 Å². The van der Waals surface area contributed by atoms with Crippen LogP contribution in [0.1, 0.15) is 36.5 Å². The van der Waals surface area contributed by atoms with Gasteiger partial charge in [-0.2, -0.15) is 0 Å². The van der Waals surface area contributed by atoms with E-state index in [2.05, 4.69) is 17.4 Å². The highest BCUT2D eigenvalue weighted by molar-refractivity contribution is 5.93. The molecule has 0 heterocycles. The zero-order valence-corrected chi connectivity index (χ0v) is 15.9. The third-order valence-corrected chi connectivity index (χ3v) is 4.62. The number of hydrogen-bond acceptors (Lipinski definition) is 2. The van der Waals surface area contributed by atoms with Crippen molar-refractivity contribution in [3.8, 4) is 0 Å². The third kappa shape index (κ3) is 5.73. The molecule has 1 N–H and O–H groups in total. The first-order valence-corrected chi connectivity index (χ1v) is 9.14. The number of amides is 2. The van der Waals surface area contributed by atoms with E-state index in [9.17, 15) is 9.59 Å². The Morgan fingerprint density at radius 3 is 2.42 bits per heavy atom. The van der Waals surface area contributed by atoms with Crippen LogP contribution in [0.15, 0.2) is 48.5 Å². The third-order valence-electron chi connectivity index (χ3n) is 4.62. The molecule has 26 heavy (non-hydrogen) atoms. The van der Waals surface area contributed by atoms with Crippen LogP contribution in [-0.2, 0) is 16.0 Å². The van der Waals surface area contributed by atoms with Gasteiger partial charge in [-0.05, 0) is 49.4 Å². The molecule has 0 saturated carbocycles. The number of carbonyl (C=O) groups is 2. The van der Waals surface area contributed by atoms with Gasteiger partial charge in [0.05, 0.1) is 0 Å². The number of nitrogens with zero attached hydrogens (tertiary/aromatic N) is 1. The fourth-order valence-corrected chi connectivity index (χ4v) is 2.94. The maximum atomic E-state index is 12.1. The fraction of sp³-hybridized carbons (Fsp3) is 0.364. The van der Waals surface area contributed by atoms with Crippen molar-refractivity contribution in [1.82, 2.24) is 5.32 Å². The smallest absolute Gasteiger partial charge is 0.223 e. The van der Waals surface area contributed by atoms with Gasteiger partial charge in [-0.15, -0.1) is 0 Å². The van der Waals surface area contributed by atoms with E-state index in [-0.39, 0.29) is 11.8 Å². The molecular weight excluding hydrogens is 324 g/mol. The van der Waals surface area contributed by atoms with Gasteiger partial charge in [-0.3, -0.25) is 9.59 Å². The lowest BCUT2D eigenvalue weighted by Gasteiger charge is -2.23. The van der Waals surface area contributed by atoms with Crippen LogP contribution < -0.4 is 10.2 Å². The first kappa shape index (κ1) is 19.7. The lowest BCUT2D eigenvalue weighted by atomic mass is 10.1. The molecule has 4 nitrogen and oxygen atoms in total. The Balaban J connectivity index is 1.80. The van der Waals surface area contributed by atoms with Gasteiger partial charge in [0.15, 0.2) is 0 Å². The molecule has 0 bridgehead atoms. The van der Waals surface area contributed by atoms with E-state index in [1.54, 1.807) is 11.8 Å². The Labute approximate surface area is 156 Å². The summed E-state index contributed by atoms with van der Waals surface area (Å²) in [6.45, 7) is 6.61. The molecule has 0 aromatic heterocycles. The topological polar surface area (TPSA) is 49.4 Å². The minimum absolute atomic E-state index is 0.0189. The van der Waals surface area contributed by atoms with Gasteiger partial charge in [-0.1, -0.05) is 42.5 Å². The van der Waals surface area contributed by atoms with Crippen molar-refractivity contribution >= 4 is 17.5 Å². The summed E-state index contributed by atoms with van der Waals surface area (Å²) < 4.78 is 0. The molecule has 0 aliphatic heterocycles. The second kappa shape index (κ2) is 9.76. The fourth-order valence-electron chi connectivity index (χ4n) is 2.94. The molecule has 0 radical (unpaired) electrons. The van der Waals surface area contributed by atoms with Crippen molar-refractivity contribution in [2.75, 3.05) is 18.0 Å². The summed E-state index contributed by atoms with van der Waals surface area (Å²) in [5, 5.41) is 2.95. The number of rotatable bonds is 8. The number of benzene rings is 2. The first-order chi connectivity index (χ1) is 12.5. The van der Waals surface area contributed by atoms with Crippen molar-refractivity contribution in [3.05, 3.63) is 65.2 Å². The molecule has 0 fully saturated rings. The Morgan fingerprint density at radius 2 is 1.73 bits per heavy atom. The molecular formula is C22H28N2O2. The zero-order chi connectivity index (χ0) is 18.9. The average Bonchev–Trinajstić information content (AvgIpc) is 2.63. The van der Waals surface area contributed by atoms with E-state index < -0.39 is 0 Å². The molecule has 2 amide bonds. The summed E-state index contributed by atoms with van der Waals surface area (Å²) in [7, 11) is 0. The van der Waals surface area contributed by atoms with E-state index in [4.69, 9.17) is 0 Å². The zero-order valence-electron chi connectivity index (χ0n) is 15.9. The molecule has 0 saturated heterocycles. The Morgan fingerprint density at radius 1 is 1.00 bits per heavy atom. The highest BCUT2D eigenvalue weighted by atomic mass is 16.2. The van der Waals surface area contributed by atoms with E-state index >= 15 is 0 Å². The molecule has 0 spiro atoms. The minimum Gasteiger partial charge on any atom is -0.356 e. The van der Waals surface area contributed by atoms with Crippen LogP contribution in [0, 0.1) is 13.8 Å². The summed E-state index contributed by atoms with van der Waals surface area (Å²) in [5.74, 6) is -0.0646. The minimum atomic E-state index is -0.0458. The van der Waals surface area contributed by atoms with Crippen molar-refractivity contribution in [1.29, 1.82) is 0 Å². The van der Waals surface area contributed by atoms with E-state index in [0.29, 0.717) is 19.5 Å². The van der Waals surface area contributed by atoms with Crippen molar-refractivity contribution < 1.29 is 9.59 Å². The molecule has 4 heteroatoms. The van der Waals surface area contributed by atoms with Gasteiger partial charge in [0.25, 0.3) is 0 Å². The summed E-state index contributed by atoms with van der Waals surface area (Å²) in [6.07, 6.45) is 2.16. The summed E-state index contributed by atoms with van der Waals surface area (Å²) in [4.78, 5) is 25.8. The molecule has 138 valence electrons. The molecule has 0 atom stereocenters. The normalized spacial score (nSPS) is 10.4. The van der Waals surface area contributed by atoms with E-state index in [1.165, 1.54) is 5.56 Å². The quantitative estimate of drug-likeness (QED) is 0.735. The predicted octanol–water partition coefficient (Wildman–Crippen LogP) is 3.80. The number of nitrogens with one attached hydrogen (secondary N) is 1. The van der Waals surface area contributed by atoms with Crippen LogP contribution in [0.25, 0.3) is 0 Å².